The summed E-state index contributed by atoms with van der Waals surface area (Å²) in [4.78, 5) is 0. The zero-order chi connectivity index (χ0) is 8.15. The van der Waals surface area contributed by atoms with Crippen molar-refractivity contribution in [2.75, 3.05) is 7.05 Å². The SMILES string of the molecule is C=C(C(C)C)N(C)/N=C\C. The zero-order valence-electron chi connectivity index (χ0n) is 7.26. The molecule has 10 heavy (non-hydrogen) atoms. The van der Waals surface area contributed by atoms with Crippen molar-refractivity contribution < 1.29 is 0 Å². The van der Waals surface area contributed by atoms with Crippen molar-refractivity contribution in [3.05, 3.63) is 12.3 Å². The lowest BCUT2D eigenvalue weighted by Crippen LogP contribution is -2.13. The molecule has 0 amide bonds. The predicted molar refractivity (Wildman–Crippen MR) is 45.9 cm³/mol. The minimum atomic E-state index is 0.466. The van der Waals surface area contributed by atoms with Crippen LogP contribution in [0, 0.1) is 5.92 Å². The van der Waals surface area contributed by atoms with E-state index in [1.807, 2.05) is 14.0 Å². The molecule has 0 aromatic heterocycles. The Morgan fingerprint density at radius 3 is 2.40 bits per heavy atom. The molecule has 0 radical (unpaired) electrons. The Morgan fingerprint density at radius 2 is 2.10 bits per heavy atom. The number of hydrogen-bond acceptors (Lipinski definition) is 2. The van der Waals surface area contributed by atoms with Gasteiger partial charge in [0.25, 0.3) is 0 Å². The third-order valence-electron chi connectivity index (χ3n) is 1.37. The summed E-state index contributed by atoms with van der Waals surface area (Å²) in [6, 6.07) is 0. The third-order valence-corrected chi connectivity index (χ3v) is 1.37. The van der Waals surface area contributed by atoms with Crippen LogP contribution in [-0.2, 0) is 0 Å². The molecule has 2 heteroatoms. The topological polar surface area (TPSA) is 15.6 Å². The molecule has 0 aliphatic rings. The molecule has 0 fully saturated rings. The molecule has 2 nitrogen and oxygen atoms in total. The molecule has 0 N–H and O–H groups in total. The molecule has 0 aromatic rings. The van der Waals surface area contributed by atoms with Gasteiger partial charge in [0.1, 0.15) is 0 Å². The van der Waals surface area contributed by atoms with Gasteiger partial charge in [0.05, 0.1) is 0 Å². The fraction of sp³-hybridized carbons (Fsp3) is 0.625. The highest BCUT2D eigenvalue weighted by Crippen LogP contribution is 2.09. The molecule has 0 atom stereocenters. The van der Waals surface area contributed by atoms with Crippen molar-refractivity contribution in [1.29, 1.82) is 0 Å². The van der Waals surface area contributed by atoms with Gasteiger partial charge in [-0.05, 0) is 12.8 Å². The monoisotopic (exact) mass is 140 g/mol. The van der Waals surface area contributed by atoms with E-state index in [1.54, 1.807) is 11.2 Å². The summed E-state index contributed by atoms with van der Waals surface area (Å²) in [7, 11) is 1.91. The van der Waals surface area contributed by atoms with Gasteiger partial charge in [0, 0.05) is 19.0 Å². The largest absolute Gasteiger partial charge is 0.273 e. The summed E-state index contributed by atoms with van der Waals surface area (Å²) >= 11 is 0. The molecule has 0 spiro atoms. The highest BCUT2D eigenvalue weighted by atomic mass is 15.4. The molecule has 0 saturated heterocycles. The number of nitrogens with zero attached hydrogens (tertiary/aromatic N) is 2. The van der Waals surface area contributed by atoms with Crippen molar-refractivity contribution in [3.63, 3.8) is 0 Å². The van der Waals surface area contributed by atoms with E-state index in [0.717, 1.165) is 5.70 Å². The molecule has 0 aromatic carbocycles. The van der Waals surface area contributed by atoms with Crippen LogP contribution in [0.25, 0.3) is 0 Å². The first-order valence-electron chi connectivity index (χ1n) is 3.50. The maximum atomic E-state index is 4.05. The van der Waals surface area contributed by atoms with Crippen molar-refractivity contribution >= 4 is 6.21 Å². The van der Waals surface area contributed by atoms with Gasteiger partial charge in [-0.25, -0.2) is 0 Å². The van der Waals surface area contributed by atoms with Crippen LogP contribution in [0.15, 0.2) is 17.4 Å². The molecule has 0 unspecified atom stereocenters. The molecule has 0 aliphatic carbocycles. The molecule has 0 bridgehead atoms. The van der Waals surface area contributed by atoms with Gasteiger partial charge in [-0.3, -0.25) is 5.01 Å². The van der Waals surface area contributed by atoms with E-state index in [4.69, 9.17) is 0 Å². The average molecular weight is 140 g/mol. The van der Waals surface area contributed by atoms with Crippen molar-refractivity contribution in [3.8, 4) is 0 Å². The summed E-state index contributed by atoms with van der Waals surface area (Å²) < 4.78 is 0. The van der Waals surface area contributed by atoms with Crippen LogP contribution < -0.4 is 0 Å². The van der Waals surface area contributed by atoms with Crippen molar-refractivity contribution in [1.82, 2.24) is 5.01 Å². The number of rotatable bonds is 3. The number of hydrogen-bond donors (Lipinski definition) is 0. The first-order valence-corrected chi connectivity index (χ1v) is 3.50. The predicted octanol–water partition coefficient (Wildman–Crippen LogP) is 2.09. The summed E-state index contributed by atoms with van der Waals surface area (Å²) in [5.41, 5.74) is 1.04. The Hall–Kier alpha value is -0.790. The van der Waals surface area contributed by atoms with Crippen molar-refractivity contribution in [2.24, 2.45) is 11.0 Å². The van der Waals surface area contributed by atoms with Gasteiger partial charge in [-0.15, -0.1) is 0 Å². The van der Waals surface area contributed by atoms with Crippen LogP contribution in [0.5, 0.6) is 0 Å². The molecule has 0 rings (SSSR count). The van der Waals surface area contributed by atoms with Crippen LogP contribution in [0.3, 0.4) is 0 Å². The second-order valence-electron chi connectivity index (χ2n) is 2.54. The Balaban J connectivity index is 3.95. The Bertz CT molecular complexity index is 136. The quantitative estimate of drug-likeness (QED) is 0.433. The molecule has 0 aliphatic heterocycles. The summed E-state index contributed by atoms with van der Waals surface area (Å²) in [6.07, 6.45) is 1.76. The van der Waals surface area contributed by atoms with Gasteiger partial charge < -0.3 is 0 Å². The average Bonchev–Trinajstić information content (AvgIpc) is 1.87. The van der Waals surface area contributed by atoms with E-state index in [1.165, 1.54) is 0 Å². The first-order chi connectivity index (χ1) is 4.59. The lowest BCUT2D eigenvalue weighted by Gasteiger charge is -2.18. The summed E-state index contributed by atoms with van der Waals surface area (Å²) in [6.45, 7) is 9.98. The maximum absolute atomic E-state index is 4.05. The normalized spacial score (nSPS) is 10.9. The van der Waals surface area contributed by atoms with E-state index < -0.39 is 0 Å². The second kappa shape index (κ2) is 4.09. The van der Waals surface area contributed by atoms with Crippen LogP contribution >= 0.6 is 0 Å². The number of allylic oxidation sites excluding steroid dienone is 1. The fourth-order valence-corrected chi connectivity index (χ4v) is 0.621. The lowest BCUT2D eigenvalue weighted by molar-refractivity contribution is 0.399. The maximum Gasteiger partial charge on any atom is 0.0318 e. The van der Waals surface area contributed by atoms with Crippen LogP contribution in [0.2, 0.25) is 0 Å². The van der Waals surface area contributed by atoms with E-state index in [9.17, 15) is 0 Å². The minimum Gasteiger partial charge on any atom is -0.273 e. The van der Waals surface area contributed by atoms with Crippen LogP contribution in [-0.4, -0.2) is 18.3 Å². The van der Waals surface area contributed by atoms with Gasteiger partial charge in [-0.1, -0.05) is 20.4 Å². The van der Waals surface area contributed by atoms with Gasteiger partial charge in [0.2, 0.25) is 0 Å². The second-order valence-corrected chi connectivity index (χ2v) is 2.54. The van der Waals surface area contributed by atoms with Crippen LogP contribution in [0.1, 0.15) is 20.8 Å². The van der Waals surface area contributed by atoms with Crippen LogP contribution in [0.4, 0.5) is 0 Å². The summed E-state index contributed by atoms with van der Waals surface area (Å²) in [5, 5.41) is 5.85. The highest BCUT2D eigenvalue weighted by Gasteiger charge is 2.02. The van der Waals surface area contributed by atoms with Gasteiger partial charge in [0.15, 0.2) is 0 Å². The lowest BCUT2D eigenvalue weighted by atomic mass is 10.1. The molecule has 0 saturated carbocycles. The fourth-order valence-electron chi connectivity index (χ4n) is 0.621. The molecule has 58 valence electrons. The first kappa shape index (κ1) is 9.21. The smallest absolute Gasteiger partial charge is 0.0318 e. The van der Waals surface area contributed by atoms with Crippen molar-refractivity contribution in [2.45, 2.75) is 20.8 Å². The van der Waals surface area contributed by atoms with E-state index in [2.05, 4.69) is 25.5 Å². The molecular weight excluding hydrogens is 124 g/mol. The zero-order valence-corrected chi connectivity index (χ0v) is 7.26. The van der Waals surface area contributed by atoms with E-state index in [0.29, 0.717) is 5.92 Å². The molecule has 0 heterocycles. The Kier molecular flexibility index (Phi) is 3.77. The van der Waals surface area contributed by atoms with E-state index in [-0.39, 0.29) is 0 Å². The van der Waals surface area contributed by atoms with Gasteiger partial charge in [-0.2, -0.15) is 5.10 Å². The summed E-state index contributed by atoms with van der Waals surface area (Å²) in [5.74, 6) is 0.466. The minimum absolute atomic E-state index is 0.466. The van der Waals surface area contributed by atoms with Gasteiger partial charge >= 0.3 is 0 Å². The number of hydrazone groups is 1. The Morgan fingerprint density at radius 1 is 1.60 bits per heavy atom. The molecular formula is C8H16N2. The third kappa shape index (κ3) is 2.67. The van der Waals surface area contributed by atoms with E-state index >= 15 is 0 Å². The standard InChI is InChI=1S/C8H16N2/c1-6-9-10(5)8(4)7(2)3/h6-7H,4H2,1-3,5H3/b9-6-. The highest BCUT2D eigenvalue weighted by molar-refractivity contribution is 5.52. The Labute approximate surface area is 63.2 Å².